The Morgan fingerprint density at radius 1 is 0.968 bits per heavy atom. The van der Waals surface area contributed by atoms with Crippen molar-refractivity contribution < 1.29 is 4.42 Å². The first-order valence-corrected chi connectivity index (χ1v) is 11.6. The fraction of sp³-hybridized carbons (Fsp3) is 0.348. The minimum atomic E-state index is 0.379. The molecule has 0 unspecified atom stereocenters. The van der Waals surface area contributed by atoms with Crippen LogP contribution >= 0.6 is 11.8 Å². The van der Waals surface area contributed by atoms with E-state index in [4.69, 9.17) is 4.42 Å². The molecule has 4 aromatic rings. The third kappa shape index (κ3) is 4.25. The zero-order valence-electron chi connectivity index (χ0n) is 17.4. The average Bonchev–Trinajstić information content (AvgIpc) is 3.46. The van der Waals surface area contributed by atoms with Crippen LogP contribution in [0.15, 0.2) is 64.4 Å². The van der Waals surface area contributed by atoms with Crippen LogP contribution in [0.1, 0.15) is 44.5 Å². The molecule has 158 valence electrons. The summed E-state index contributed by atoms with van der Waals surface area (Å²) in [4.78, 5) is 4.28. The first-order chi connectivity index (χ1) is 15.3. The van der Waals surface area contributed by atoms with E-state index in [0.29, 0.717) is 29.5 Å². The van der Waals surface area contributed by atoms with Crippen LogP contribution < -0.4 is 0 Å². The van der Waals surface area contributed by atoms with E-state index in [2.05, 4.69) is 36.9 Å². The van der Waals surface area contributed by atoms with E-state index in [1.165, 1.54) is 19.3 Å². The maximum atomic E-state index is 5.88. The van der Waals surface area contributed by atoms with Crippen molar-refractivity contribution >= 4 is 11.8 Å². The second-order valence-corrected chi connectivity index (χ2v) is 8.85. The van der Waals surface area contributed by atoms with Gasteiger partial charge in [-0.3, -0.25) is 9.55 Å². The second kappa shape index (κ2) is 9.01. The Morgan fingerprint density at radius 3 is 2.61 bits per heavy atom. The molecule has 31 heavy (non-hydrogen) atoms. The van der Waals surface area contributed by atoms with Gasteiger partial charge in [0.05, 0.1) is 5.75 Å². The van der Waals surface area contributed by atoms with Crippen molar-refractivity contribution in [1.82, 2.24) is 29.9 Å². The van der Waals surface area contributed by atoms with E-state index >= 15 is 0 Å². The minimum Gasteiger partial charge on any atom is -0.420 e. The zero-order valence-corrected chi connectivity index (χ0v) is 18.2. The second-order valence-electron chi connectivity index (χ2n) is 7.90. The van der Waals surface area contributed by atoms with Gasteiger partial charge in [0, 0.05) is 29.6 Å². The summed E-state index contributed by atoms with van der Waals surface area (Å²) in [6.07, 6.45) is 8.51. The van der Waals surface area contributed by atoms with Crippen LogP contribution in [0.4, 0.5) is 0 Å². The smallest absolute Gasteiger partial charge is 0.247 e. The molecule has 3 heterocycles. The summed E-state index contributed by atoms with van der Waals surface area (Å²) in [6, 6.07) is 14.2. The number of pyridine rings is 1. The largest absolute Gasteiger partial charge is 0.420 e. The number of aromatic nitrogens is 6. The predicted molar refractivity (Wildman–Crippen MR) is 119 cm³/mol. The normalized spacial score (nSPS) is 18.9. The maximum Gasteiger partial charge on any atom is 0.247 e. The van der Waals surface area contributed by atoms with Gasteiger partial charge in [0.2, 0.25) is 11.8 Å². The number of rotatable bonds is 6. The van der Waals surface area contributed by atoms with Gasteiger partial charge < -0.3 is 4.42 Å². The monoisotopic (exact) mass is 432 g/mol. The highest BCUT2D eigenvalue weighted by molar-refractivity contribution is 7.98. The van der Waals surface area contributed by atoms with Crippen LogP contribution in [0.3, 0.4) is 0 Å². The van der Waals surface area contributed by atoms with Crippen LogP contribution in [0.5, 0.6) is 0 Å². The Labute approximate surface area is 185 Å². The highest BCUT2D eigenvalue weighted by Gasteiger charge is 2.29. The Balaban J connectivity index is 1.41. The molecule has 0 N–H and O–H groups in total. The van der Waals surface area contributed by atoms with Gasteiger partial charge in [-0.1, -0.05) is 49.7 Å². The summed E-state index contributed by atoms with van der Waals surface area (Å²) in [6.45, 7) is 2.33. The Hall–Kier alpha value is -3.00. The van der Waals surface area contributed by atoms with E-state index < -0.39 is 0 Å². The van der Waals surface area contributed by atoms with Gasteiger partial charge in [-0.15, -0.1) is 20.4 Å². The van der Waals surface area contributed by atoms with Crippen molar-refractivity contribution in [2.75, 3.05) is 0 Å². The molecule has 0 radical (unpaired) electrons. The molecule has 1 aliphatic rings. The van der Waals surface area contributed by atoms with Gasteiger partial charge in [0.25, 0.3) is 0 Å². The first kappa shape index (κ1) is 19.9. The molecule has 0 aliphatic heterocycles. The van der Waals surface area contributed by atoms with Gasteiger partial charge in [-0.05, 0) is 43.0 Å². The fourth-order valence-electron chi connectivity index (χ4n) is 4.18. The molecule has 1 saturated carbocycles. The summed E-state index contributed by atoms with van der Waals surface area (Å²) in [5, 5.41) is 18.4. The van der Waals surface area contributed by atoms with Crippen molar-refractivity contribution in [2.24, 2.45) is 5.92 Å². The van der Waals surface area contributed by atoms with Crippen molar-refractivity contribution in [1.29, 1.82) is 0 Å². The van der Waals surface area contributed by atoms with Crippen molar-refractivity contribution in [3.8, 4) is 22.8 Å². The lowest BCUT2D eigenvalue weighted by atomic mass is 9.85. The Kier molecular flexibility index (Phi) is 5.80. The SMILES string of the molecule is C[C@@H]1CCCC[C@@H]1n1c(SCc2nnc(-c3ccccc3)o2)nnc1-c1cccnc1. The molecule has 2 atom stereocenters. The number of hydrogen-bond acceptors (Lipinski definition) is 7. The molecule has 0 bridgehead atoms. The third-order valence-electron chi connectivity index (χ3n) is 5.79. The number of nitrogens with zero attached hydrogens (tertiary/aromatic N) is 6. The van der Waals surface area contributed by atoms with Gasteiger partial charge in [-0.2, -0.15) is 0 Å². The average molecular weight is 433 g/mol. The highest BCUT2D eigenvalue weighted by atomic mass is 32.2. The first-order valence-electron chi connectivity index (χ1n) is 10.7. The molecular weight excluding hydrogens is 408 g/mol. The minimum absolute atomic E-state index is 0.379. The van der Waals surface area contributed by atoms with Crippen molar-refractivity contribution in [2.45, 2.75) is 49.6 Å². The maximum absolute atomic E-state index is 5.88. The van der Waals surface area contributed by atoms with Crippen LogP contribution in [0.25, 0.3) is 22.8 Å². The summed E-state index contributed by atoms with van der Waals surface area (Å²) in [5.41, 5.74) is 1.91. The molecule has 0 amide bonds. The van der Waals surface area contributed by atoms with Crippen LogP contribution in [0.2, 0.25) is 0 Å². The molecule has 7 nitrogen and oxygen atoms in total. The standard InChI is InChI=1S/C23H24N6OS/c1-16-8-5-6-12-19(16)29-21(18-11-7-13-24-14-18)26-28-23(29)31-15-20-25-27-22(30-20)17-9-3-2-4-10-17/h2-4,7,9-11,13-14,16,19H,5-6,8,12,15H2,1H3/t16-,19+/m1/s1. The van der Waals surface area contributed by atoms with E-state index in [0.717, 1.165) is 28.5 Å². The summed E-state index contributed by atoms with van der Waals surface area (Å²) in [5.74, 6) is 3.12. The van der Waals surface area contributed by atoms with Gasteiger partial charge in [-0.25, -0.2) is 0 Å². The molecular formula is C23H24N6OS. The van der Waals surface area contributed by atoms with E-state index in [9.17, 15) is 0 Å². The van der Waals surface area contributed by atoms with E-state index in [1.54, 1.807) is 18.0 Å². The van der Waals surface area contributed by atoms with Gasteiger partial charge in [0.1, 0.15) is 0 Å². The molecule has 0 spiro atoms. The molecule has 1 aromatic carbocycles. The van der Waals surface area contributed by atoms with Crippen LogP contribution in [-0.4, -0.2) is 29.9 Å². The molecule has 8 heteroatoms. The molecule has 1 fully saturated rings. The summed E-state index contributed by atoms with van der Waals surface area (Å²) >= 11 is 1.59. The van der Waals surface area contributed by atoms with Crippen LogP contribution in [0, 0.1) is 5.92 Å². The van der Waals surface area contributed by atoms with Gasteiger partial charge in [0.15, 0.2) is 11.0 Å². The summed E-state index contributed by atoms with van der Waals surface area (Å²) < 4.78 is 8.18. The number of thioether (sulfide) groups is 1. The Morgan fingerprint density at radius 2 is 1.81 bits per heavy atom. The third-order valence-corrected chi connectivity index (χ3v) is 6.72. The fourth-order valence-corrected chi connectivity index (χ4v) is 5.01. The van der Waals surface area contributed by atoms with E-state index in [1.807, 2.05) is 48.7 Å². The lowest BCUT2D eigenvalue weighted by Gasteiger charge is -2.31. The molecule has 0 saturated heterocycles. The zero-order chi connectivity index (χ0) is 21.0. The molecule has 1 aliphatic carbocycles. The topological polar surface area (TPSA) is 82.5 Å². The lowest BCUT2D eigenvalue weighted by molar-refractivity contribution is 0.247. The Bertz CT molecular complexity index is 1130. The molecule has 3 aromatic heterocycles. The molecule has 5 rings (SSSR count). The van der Waals surface area contributed by atoms with Gasteiger partial charge >= 0.3 is 0 Å². The van der Waals surface area contributed by atoms with E-state index in [-0.39, 0.29) is 0 Å². The highest BCUT2D eigenvalue weighted by Crippen LogP contribution is 2.39. The van der Waals surface area contributed by atoms with Crippen molar-refractivity contribution in [3.63, 3.8) is 0 Å². The summed E-state index contributed by atoms with van der Waals surface area (Å²) in [7, 11) is 0. The quantitative estimate of drug-likeness (QED) is 0.375. The van der Waals surface area contributed by atoms with Crippen LogP contribution in [-0.2, 0) is 5.75 Å². The number of hydrogen-bond donors (Lipinski definition) is 0. The number of benzene rings is 1. The lowest BCUT2D eigenvalue weighted by Crippen LogP contribution is -2.22. The predicted octanol–water partition coefficient (Wildman–Crippen LogP) is 5.43. The van der Waals surface area contributed by atoms with Crippen molar-refractivity contribution in [3.05, 3.63) is 60.7 Å².